The molecule has 2 heterocycles. The zero-order valence-corrected chi connectivity index (χ0v) is 10.2. The molecule has 1 fully saturated rings. The molecule has 0 aliphatic carbocycles. The lowest BCUT2D eigenvalue weighted by atomic mass is 9.81. The largest absolute Gasteiger partial charge is 0.374 e. The maximum absolute atomic E-state index is 13.0. The van der Waals surface area contributed by atoms with Gasteiger partial charge in [-0.1, -0.05) is 22.1 Å². The summed E-state index contributed by atoms with van der Waals surface area (Å²) in [6.07, 6.45) is 0.305. The predicted molar refractivity (Wildman–Crippen MR) is 63.0 cm³/mol. The third-order valence-corrected chi connectivity index (χ3v) is 4.60. The number of hydrogen-bond acceptors (Lipinski definition) is 3. The Bertz CT molecular complexity index is 631. The fourth-order valence-corrected chi connectivity index (χ4v) is 3.42. The molecule has 2 aliphatic rings. The van der Waals surface area contributed by atoms with Crippen molar-refractivity contribution in [2.24, 2.45) is 0 Å². The first-order valence-corrected chi connectivity index (χ1v) is 6.88. The molecule has 0 saturated carbocycles. The first-order chi connectivity index (χ1) is 8.43. The summed E-state index contributed by atoms with van der Waals surface area (Å²) in [5.74, 6) is -0.255. The van der Waals surface area contributed by atoms with E-state index in [1.807, 2.05) is 0 Å². The van der Waals surface area contributed by atoms with Gasteiger partial charge in [0.25, 0.3) is 0 Å². The van der Waals surface area contributed by atoms with Gasteiger partial charge in [-0.25, -0.2) is 0 Å². The number of benzene rings is 1. The molecule has 1 amide bonds. The van der Waals surface area contributed by atoms with Crippen LogP contribution in [0.1, 0.15) is 12.0 Å². The highest BCUT2D eigenvalue weighted by molar-refractivity contribution is 7.84. The molecular formula is C11H11FN2O3S. The van der Waals surface area contributed by atoms with E-state index in [2.05, 4.69) is 5.32 Å². The molecule has 0 aromatic heterocycles. The molecule has 1 aromatic rings. The Hall–Kier alpha value is -1.47. The number of amides is 1. The van der Waals surface area contributed by atoms with E-state index in [-0.39, 0.29) is 19.0 Å². The predicted octanol–water partition coefficient (Wildman–Crippen LogP) is 0.796. The highest BCUT2D eigenvalue weighted by Gasteiger charge is 2.53. The monoisotopic (exact) mass is 270 g/mol. The van der Waals surface area contributed by atoms with Crippen molar-refractivity contribution >= 4 is 22.0 Å². The van der Waals surface area contributed by atoms with E-state index in [9.17, 15) is 17.1 Å². The molecule has 18 heavy (non-hydrogen) atoms. The number of fused-ring (bicyclic) bond motifs is 2. The molecule has 1 unspecified atom stereocenters. The van der Waals surface area contributed by atoms with Crippen LogP contribution in [0.5, 0.6) is 0 Å². The van der Waals surface area contributed by atoms with Gasteiger partial charge >= 0.3 is 10.4 Å². The van der Waals surface area contributed by atoms with Crippen molar-refractivity contribution in [2.45, 2.75) is 11.8 Å². The van der Waals surface area contributed by atoms with Crippen LogP contribution >= 0.6 is 0 Å². The summed E-state index contributed by atoms with van der Waals surface area (Å²) in [5, 5.41) is 2.72. The van der Waals surface area contributed by atoms with E-state index in [1.54, 1.807) is 24.3 Å². The van der Waals surface area contributed by atoms with Crippen LogP contribution in [-0.4, -0.2) is 31.7 Å². The van der Waals surface area contributed by atoms with E-state index in [4.69, 9.17) is 0 Å². The second-order valence-electron chi connectivity index (χ2n) is 4.61. The van der Waals surface area contributed by atoms with Crippen LogP contribution in [-0.2, 0) is 20.6 Å². The zero-order valence-electron chi connectivity index (χ0n) is 9.39. The third kappa shape index (κ3) is 1.47. The van der Waals surface area contributed by atoms with Gasteiger partial charge < -0.3 is 5.32 Å². The molecule has 96 valence electrons. The lowest BCUT2D eigenvalue weighted by Gasteiger charge is -2.20. The summed E-state index contributed by atoms with van der Waals surface area (Å²) in [5.41, 5.74) is 0.497. The smallest absolute Gasteiger partial charge is 0.325 e. The maximum Gasteiger partial charge on any atom is 0.374 e. The Morgan fingerprint density at radius 1 is 1.33 bits per heavy atom. The number of para-hydroxylation sites is 1. The second-order valence-corrected chi connectivity index (χ2v) is 5.95. The quantitative estimate of drug-likeness (QED) is 0.767. The molecule has 1 saturated heterocycles. The average Bonchev–Trinajstić information content (AvgIpc) is 2.85. The Morgan fingerprint density at radius 2 is 2.06 bits per heavy atom. The van der Waals surface area contributed by atoms with E-state index >= 15 is 0 Å². The number of nitrogens with zero attached hydrogens (tertiary/aromatic N) is 1. The lowest BCUT2D eigenvalue weighted by Crippen LogP contribution is -2.38. The van der Waals surface area contributed by atoms with Crippen LogP contribution < -0.4 is 5.32 Å². The Labute approximate surface area is 104 Å². The van der Waals surface area contributed by atoms with Crippen LogP contribution in [0.3, 0.4) is 0 Å². The SMILES string of the molecule is O=C1Nc2ccccc2C12CCN(S(=O)(=O)F)C2. The normalized spacial score (nSPS) is 27.5. The van der Waals surface area contributed by atoms with E-state index in [1.165, 1.54) is 0 Å². The topological polar surface area (TPSA) is 66.5 Å². The summed E-state index contributed by atoms with van der Waals surface area (Å²) >= 11 is 0. The highest BCUT2D eigenvalue weighted by Crippen LogP contribution is 2.44. The van der Waals surface area contributed by atoms with Crippen LogP contribution in [0.2, 0.25) is 0 Å². The van der Waals surface area contributed by atoms with Crippen LogP contribution in [0, 0.1) is 0 Å². The van der Waals surface area contributed by atoms with Crippen molar-refractivity contribution in [1.29, 1.82) is 0 Å². The van der Waals surface area contributed by atoms with Gasteiger partial charge in [0.15, 0.2) is 0 Å². The third-order valence-electron chi connectivity index (χ3n) is 3.67. The van der Waals surface area contributed by atoms with Gasteiger partial charge in [0.05, 0.1) is 5.41 Å². The van der Waals surface area contributed by atoms with Gasteiger partial charge in [0.1, 0.15) is 0 Å². The number of halogens is 1. The van der Waals surface area contributed by atoms with Gasteiger partial charge in [-0.05, 0) is 18.1 Å². The van der Waals surface area contributed by atoms with Gasteiger partial charge in [-0.3, -0.25) is 4.79 Å². The summed E-state index contributed by atoms with van der Waals surface area (Å²) in [4.78, 5) is 12.1. The van der Waals surface area contributed by atoms with E-state index < -0.39 is 15.8 Å². The molecule has 5 nitrogen and oxygen atoms in total. The van der Waals surface area contributed by atoms with Crippen molar-refractivity contribution in [2.75, 3.05) is 18.4 Å². The van der Waals surface area contributed by atoms with Crippen molar-refractivity contribution in [3.8, 4) is 0 Å². The molecule has 1 spiro atoms. The fourth-order valence-electron chi connectivity index (χ4n) is 2.74. The second kappa shape index (κ2) is 3.52. The lowest BCUT2D eigenvalue weighted by molar-refractivity contribution is -0.120. The molecule has 1 atom stereocenters. The van der Waals surface area contributed by atoms with Crippen molar-refractivity contribution in [3.63, 3.8) is 0 Å². The maximum atomic E-state index is 13.0. The number of nitrogens with one attached hydrogen (secondary N) is 1. The molecule has 3 rings (SSSR count). The fraction of sp³-hybridized carbons (Fsp3) is 0.364. The minimum Gasteiger partial charge on any atom is -0.325 e. The van der Waals surface area contributed by atoms with Crippen molar-refractivity contribution in [3.05, 3.63) is 29.8 Å². The minimum absolute atomic E-state index is 0.0284. The zero-order chi connectivity index (χ0) is 13.0. The summed E-state index contributed by atoms with van der Waals surface area (Å²) in [7, 11) is -4.74. The number of hydrogen-bond donors (Lipinski definition) is 1. The summed E-state index contributed by atoms with van der Waals surface area (Å²) in [6, 6.07) is 7.11. The van der Waals surface area contributed by atoms with Crippen LogP contribution in [0.15, 0.2) is 24.3 Å². The molecule has 7 heteroatoms. The highest BCUT2D eigenvalue weighted by atomic mass is 32.3. The Kier molecular flexibility index (Phi) is 2.27. The Morgan fingerprint density at radius 3 is 2.72 bits per heavy atom. The van der Waals surface area contributed by atoms with Crippen molar-refractivity contribution < 1.29 is 17.1 Å². The number of carbonyl (C=O) groups excluding carboxylic acids is 1. The first-order valence-electron chi connectivity index (χ1n) is 5.54. The average molecular weight is 270 g/mol. The molecule has 0 bridgehead atoms. The number of anilines is 1. The van der Waals surface area contributed by atoms with E-state index in [0.29, 0.717) is 16.4 Å². The van der Waals surface area contributed by atoms with Gasteiger partial charge in [0.2, 0.25) is 5.91 Å². The molecule has 0 radical (unpaired) electrons. The minimum atomic E-state index is -4.74. The van der Waals surface area contributed by atoms with E-state index in [0.717, 1.165) is 5.56 Å². The standard InChI is InChI=1S/C11H11FN2O3S/c12-18(16,17)14-6-5-11(7-14)8-3-1-2-4-9(8)13-10(11)15/h1-4H,5-7H2,(H,13,15). The summed E-state index contributed by atoms with van der Waals surface area (Å²) < 4.78 is 35.6. The Balaban J connectivity index is 2.05. The summed E-state index contributed by atoms with van der Waals surface area (Å²) in [6.45, 7) is -0.102. The number of rotatable bonds is 1. The van der Waals surface area contributed by atoms with Crippen LogP contribution in [0.25, 0.3) is 0 Å². The van der Waals surface area contributed by atoms with Gasteiger partial charge in [0, 0.05) is 18.8 Å². The van der Waals surface area contributed by atoms with Crippen LogP contribution in [0.4, 0.5) is 9.57 Å². The molecule has 2 aliphatic heterocycles. The van der Waals surface area contributed by atoms with Gasteiger partial charge in [-0.2, -0.15) is 12.7 Å². The number of carbonyl (C=O) groups is 1. The molecule has 1 N–H and O–H groups in total. The molecule has 1 aromatic carbocycles. The first kappa shape index (κ1) is 11.6. The van der Waals surface area contributed by atoms with Gasteiger partial charge in [-0.15, -0.1) is 0 Å². The molecular weight excluding hydrogens is 259 g/mol. The van der Waals surface area contributed by atoms with Crippen molar-refractivity contribution in [1.82, 2.24) is 4.31 Å².